The third kappa shape index (κ3) is 1.41. The van der Waals surface area contributed by atoms with Gasteiger partial charge < -0.3 is 0 Å². The third-order valence-electron chi connectivity index (χ3n) is 2.28. The normalized spacial score (nSPS) is 15.2. The van der Waals surface area contributed by atoms with Gasteiger partial charge in [-0.25, -0.2) is 4.39 Å². The minimum absolute atomic E-state index is 0.118. The molecule has 0 fully saturated rings. The van der Waals surface area contributed by atoms with Crippen LogP contribution >= 0.6 is 15.9 Å². The van der Waals surface area contributed by atoms with Crippen LogP contribution in [0.15, 0.2) is 21.6 Å². The van der Waals surface area contributed by atoms with Crippen LogP contribution in [0.3, 0.4) is 0 Å². The molecule has 1 aliphatic heterocycles. The van der Waals surface area contributed by atoms with E-state index < -0.39 is 0 Å². The molecular weight excluding hydrogens is 233 g/mol. The Bertz CT molecular complexity index is 385. The molecule has 0 spiro atoms. The van der Waals surface area contributed by atoms with Crippen molar-refractivity contribution < 1.29 is 4.39 Å². The Hall–Kier alpha value is -0.700. The summed E-state index contributed by atoms with van der Waals surface area (Å²) >= 11 is 3.41. The molecule has 0 N–H and O–H groups in total. The maximum absolute atomic E-state index is 13.3. The summed E-state index contributed by atoms with van der Waals surface area (Å²) < 4.78 is 14.3. The highest BCUT2D eigenvalue weighted by Crippen LogP contribution is 2.26. The molecule has 1 heterocycles. The van der Waals surface area contributed by atoms with E-state index in [0.717, 1.165) is 21.3 Å². The van der Waals surface area contributed by atoms with E-state index in [2.05, 4.69) is 20.9 Å². The molecule has 0 aromatic heterocycles. The molecule has 0 radical (unpaired) electrons. The average molecular weight is 242 g/mol. The Balaban J connectivity index is 2.70. The van der Waals surface area contributed by atoms with E-state index in [0.29, 0.717) is 13.0 Å². The number of aliphatic imine (C=N–C) groups is 1. The number of halogens is 2. The Morgan fingerprint density at radius 2 is 2.23 bits per heavy atom. The van der Waals surface area contributed by atoms with Gasteiger partial charge in [0.15, 0.2) is 0 Å². The highest BCUT2D eigenvalue weighted by molar-refractivity contribution is 9.10. The Morgan fingerprint density at radius 1 is 1.46 bits per heavy atom. The van der Waals surface area contributed by atoms with Crippen LogP contribution in [0.4, 0.5) is 4.39 Å². The van der Waals surface area contributed by atoms with Gasteiger partial charge in [0.25, 0.3) is 0 Å². The van der Waals surface area contributed by atoms with Crippen LogP contribution in [0.2, 0.25) is 0 Å². The summed E-state index contributed by atoms with van der Waals surface area (Å²) in [5.74, 6) is -0.118. The number of hydrogen-bond acceptors (Lipinski definition) is 1. The zero-order valence-corrected chi connectivity index (χ0v) is 8.86. The minimum atomic E-state index is -0.118. The molecule has 1 aliphatic rings. The molecule has 0 amide bonds. The molecule has 13 heavy (non-hydrogen) atoms. The number of fused-ring (bicyclic) bond motifs is 1. The van der Waals surface area contributed by atoms with Crippen LogP contribution in [0.25, 0.3) is 0 Å². The maximum Gasteiger partial charge on any atom is 0.127 e. The molecule has 1 aromatic carbocycles. The van der Waals surface area contributed by atoms with E-state index >= 15 is 0 Å². The van der Waals surface area contributed by atoms with E-state index in [4.69, 9.17) is 0 Å². The third-order valence-corrected chi connectivity index (χ3v) is 2.94. The van der Waals surface area contributed by atoms with E-state index in [1.807, 2.05) is 6.92 Å². The number of hydrogen-bond donors (Lipinski definition) is 0. The zero-order chi connectivity index (χ0) is 9.42. The van der Waals surface area contributed by atoms with Gasteiger partial charge in [0, 0.05) is 22.3 Å². The van der Waals surface area contributed by atoms with Crippen molar-refractivity contribution in [2.45, 2.75) is 13.3 Å². The molecule has 0 unspecified atom stereocenters. The first-order valence-corrected chi connectivity index (χ1v) is 4.98. The lowest BCUT2D eigenvalue weighted by Gasteiger charge is -2.16. The maximum atomic E-state index is 13.3. The molecule has 0 aliphatic carbocycles. The van der Waals surface area contributed by atoms with Crippen molar-refractivity contribution in [3.05, 3.63) is 33.5 Å². The van der Waals surface area contributed by atoms with Crippen molar-refractivity contribution in [2.75, 3.05) is 6.54 Å². The van der Waals surface area contributed by atoms with Crippen molar-refractivity contribution in [1.29, 1.82) is 0 Å². The van der Waals surface area contributed by atoms with Crippen molar-refractivity contribution in [1.82, 2.24) is 0 Å². The lowest BCUT2D eigenvalue weighted by molar-refractivity contribution is 0.607. The largest absolute Gasteiger partial charge is 0.289 e. The topological polar surface area (TPSA) is 12.4 Å². The summed E-state index contributed by atoms with van der Waals surface area (Å²) in [6, 6.07) is 3.24. The van der Waals surface area contributed by atoms with Gasteiger partial charge in [-0.2, -0.15) is 0 Å². The predicted molar refractivity (Wildman–Crippen MR) is 54.9 cm³/mol. The van der Waals surface area contributed by atoms with Crippen molar-refractivity contribution in [3.63, 3.8) is 0 Å². The first kappa shape index (κ1) is 8.88. The summed E-state index contributed by atoms with van der Waals surface area (Å²) in [6.45, 7) is 2.62. The lowest BCUT2D eigenvalue weighted by Crippen LogP contribution is -2.12. The fourth-order valence-corrected chi connectivity index (χ4v) is 2.30. The summed E-state index contributed by atoms with van der Waals surface area (Å²) in [5, 5.41) is 0. The molecule has 1 nitrogen and oxygen atoms in total. The highest BCUT2D eigenvalue weighted by Gasteiger charge is 2.17. The second-order valence-electron chi connectivity index (χ2n) is 3.10. The quantitative estimate of drug-likeness (QED) is 0.663. The van der Waals surface area contributed by atoms with Crippen molar-refractivity contribution >= 4 is 21.6 Å². The van der Waals surface area contributed by atoms with Gasteiger partial charge in [0.1, 0.15) is 5.82 Å². The predicted octanol–water partition coefficient (Wildman–Crippen LogP) is 2.95. The second kappa shape index (κ2) is 3.22. The highest BCUT2D eigenvalue weighted by atomic mass is 79.9. The average Bonchev–Trinajstić information content (AvgIpc) is 2.12. The summed E-state index contributed by atoms with van der Waals surface area (Å²) in [4.78, 5) is 4.29. The summed E-state index contributed by atoms with van der Waals surface area (Å²) in [6.07, 6.45) is 0.706. The van der Waals surface area contributed by atoms with Gasteiger partial charge in [-0.15, -0.1) is 0 Å². The van der Waals surface area contributed by atoms with E-state index in [1.54, 1.807) is 6.07 Å². The first-order valence-electron chi connectivity index (χ1n) is 4.18. The van der Waals surface area contributed by atoms with Crippen LogP contribution in [0.5, 0.6) is 0 Å². The van der Waals surface area contributed by atoms with Gasteiger partial charge in [-0.3, -0.25) is 4.99 Å². The molecule has 68 valence electrons. The Labute approximate surface area is 84.8 Å². The Kier molecular flexibility index (Phi) is 2.20. The molecule has 0 saturated carbocycles. The number of rotatable bonds is 0. The fraction of sp³-hybridized carbons (Fsp3) is 0.300. The van der Waals surface area contributed by atoms with Crippen molar-refractivity contribution in [3.8, 4) is 0 Å². The molecule has 0 saturated heterocycles. The minimum Gasteiger partial charge on any atom is -0.289 e. The van der Waals surface area contributed by atoms with Crippen LogP contribution in [-0.2, 0) is 6.42 Å². The Morgan fingerprint density at radius 3 is 2.92 bits per heavy atom. The van der Waals surface area contributed by atoms with Crippen LogP contribution in [-0.4, -0.2) is 12.3 Å². The molecule has 0 atom stereocenters. The lowest BCUT2D eigenvalue weighted by atomic mass is 9.98. The van der Waals surface area contributed by atoms with E-state index in [-0.39, 0.29) is 5.82 Å². The SMILES string of the molecule is CC1=NCCc2c(F)ccc(Br)c21. The fourth-order valence-electron chi connectivity index (χ4n) is 1.64. The first-order chi connectivity index (χ1) is 6.20. The van der Waals surface area contributed by atoms with Gasteiger partial charge in [0.05, 0.1) is 0 Å². The smallest absolute Gasteiger partial charge is 0.127 e. The van der Waals surface area contributed by atoms with Gasteiger partial charge in [0.2, 0.25) is 0 Å². The van der Waals surface area contributed by atoms with Gasteiger partial charge in [-0.05, 0) is 31.0 Å². The van der Waals surface area contributed by atoms with Gasteiger partial charge in [-0.1, -0.05) is 15.9 Å². The van der Waals surface area contributed by atoms with Crippen LogP contribution in [0, 0.1) is 5.82 Å². The van der Waals surface area contributed by atoms with Crippen molar-refractivity contribution in [2.24, 2.45) is 4.99 Å². The molecule has 3 heteroatoms. The summed E-state index contributed by atoms with van der Waals surface area (Å²) in [5.41, 5.74) is 2.65. The molecule has 1 aromatic rings. The molecular formula is C10H9BrFN. The van der Waals surface area contributed by atoms with Crippen LogP contribution in [0.1, 0.15) is 18.1 Å². The van der Waals surface area contributed by atoms with E-state index in [1.165, 1.54) is 6.07 Å². The zero-order valence-electron chi connectivity index (χ0n) is 7.27. The standard InChI is InChI=1S/C10H9BrFN/c1-6-10-7(4-5-13-6)9(12)3-2-8(10)11/h2-3H,4-5H2,1H3. The summed E-state index contributed by atoms with van der Waals surface area (Å²) in [7, 11) is 0. The molecule has 2 rings (SSSR count). The van der Waals surface area contributed by atoms with Gasteiger partial charge >= 0.3 is 0 Å². The van der Waals surface area contributed by atoms with Crippen LogP contribution < -0.4 is 0 Å². The number of benzene rings is 1. The van der Waals surface area contributed by atoms with E-state index in [9.17, 15) is 4.39 Å². The second-order valence-corrected chi connectivity index (χ2v) is 3.95. The monoisotopic (exact) mass is 241 g/mol. The molecule has 0 bridgehead atoms. The number of nitrogens with zero attached hydrogens (tertiary/aromatic N) is 1.